The van der Waals surface area contributed by atoms with Crippen molar-refractivity contribution in [1.29, 1.82) is 0 Å². The molecular weight excluding hydrogens is 360 g/mol. The number of hydrogen-bond donors (Lipinski definition) is 2. The maximum atomic E-state index is 12.5. The van der Waals surface area contributed by atoms with Crippen molar-refractivity contribution in [2.24, 2.45) is 0 Å². The smallest absolute Gasteiger partial charge is 0.341 e. The largest absolute Gasteiger partial charge is 0.462 e. The van der Waals surface area contributed by atoms with Crippen LogP contribution in [0.1, 0.15) is 17.3 Å². The molecule has 0 aliphatic heterocycles. The summed E-state index contributed by atoms with van der Waals surface area (Å²) in [7, 11) is 0. The second kappa shape index (κ2) is 10.4. The molecule has 1 amide bonds. The molecule has 0 unspecified atom stereocenters. The third-order valence-corrected chi connectivity index (χ3v) is 4.78. The lowest BCUT2D eigenvalue weighted by Gasteiger charge is -2.15. The van der Waals surface area contributed by atoms with Crippen molar-refractivity contribution < 1.29 is 19.2 Å². The van der Waals surface area contributed by atoms with Crippen molar-refractivity contribution in [3.8, 4) is 11.1 Å². The van der Waals surface area contributed by atoms with Gasteiger partial charge in [-0.05, 0) is 24.6 Å². The van der Waals surface area contributed by atoms with Crippen LogP contribution in [0.15, 0.2) is 61.0 Å². The molecule has 1 aromatic heterocycles. The van der Waals surface area contributed by atoms with E-state index >= 15 is 0 Å². The number of quaternary nitrogens is 1. The Morgan fingerprint density at radius 2 is 1.85 bits per heavy atom. The number of carbonyl (C=O) groups is 2. The van der Waals surface area contributed by atoms with E-state index in [4.69, 9.17) is 4.74 Å². The van der Waals surface area contributed by atoms with Crippen LogP contribution in [0.3, 0.4) is 0 Å². The lowest BCUT2D eigenvalue weighted by atomic mass is 10.0. The lowest BCUT2D eigenvalue weighted by molar-refractivity contribution is -0.879. The van der Waals surface area contributed by atoms with Gasteiger partial charge in [0.05, 0.1) is 19.7 Å². The maximum absolute atomic E-state index is 12.5. The van der Waals surface area contributed by atoms with Gasteiger partial charge >= 0.3 is 5.97 Å². The van der Waals surface area contributed by atoms with Crippen LogP contribution in [0, 0.1) is 0 Å². The highest BCUT2D eigenvalue weighted by molar-refractivity contribution is 7.15. The summed E-state index contributed by atoms with van der Waals surface area (Å²) >= 11 is 1.32. The highest BCUT2D eigenvalue weighted by Crippen LogP contribution is 2.36. The standard InChI is InChI=1S/C21H24N2O3S/c1-4-12-23(13-5-2)14-18(24)22-20-19(21(25)26-6-3)17(15-27-20)16-10-8-7-9-11-16/h4-5,7-11,15H,1-2,6,12-14H2,3H3,(H,22,24)/p+1. The van der Waals surface area contributed by atoms with Gasteiger partial charge in [-0.3, -0.25) is 4.79 Å². The zero-order valence-electron chi connectivity index (χ0n) is 15.5. The molecule has 27 heavy (non-hydrogen) atoms. The highest BCUT2D eigenvalue weighted by atomic mass is 32.1. The first kappa shape index (κ1) is 20.6. The first-order valence-electron chi connectivity index (χ1n) is 8.79. The zero-order valence-corrected chi connectivity index (χ0v) is 16.3. The first-order chi connectivity index (χ1) is 13.1. The third kappa shape index (κ3) is 5.64. The van der Waals surface area contributed by atoms with Crippen LogP contribution >= 0.6 is 11.3 Å². The quantitative estimate of drug-likeness (QED) is 0.488. The van der Waals surface area contributed by atoms with Gasteiger partial charge in [0.15, 0.2) is 6.54 Å². The fraction of sp³-hybridized carbons (Fsp3) is 0.238. The fourth-order valence-electron chi connectivity index (χ4n) is 2.72. The van der Waals surface area contributed by atoms with Crippen LogP contribution in [-0.2, 0) is 9.53 Å². The SMILES string of the molecule is C=CC[NH+](CC=C)CC(=O)Nc1scc(-c2ccccc2)c1C(=O)OCC. The van der Waals surface area contributed by atoms with E-state index in [2.05, 4.69) is 18.5 Å². The Bertz CT molecular complexity index is 789. The third-order valence-electron chi connectivity index (χ3n) is 3.88. The van der Waals surface area contributed by atoms with E-state index in [1.165, 1.54) is 11.3 Å². The molecule has 6 heteroatoms. The van der Waals surface area contributed by atoms with E-state index in [1.807, 2.05) is 35.7 Å². The van der Waals surface area contributed by atoms with Gasteiger partial charge in [-0.2, -0.15) is 0 Å². The number of anilines is 1. The van der Waals surface area contributed by atoms with Gasteiger partial charge in [0, 0.05) is 10.9 Å². The molecule has 0 bridgehead atoms. The highest BCUT2D eigenvalue weighted by Gasteiger charge is 2.23. The van der Waals surface area contributed by atoms with Gasteiger partial charge in [-0.1, -0.05) is 43.5 Å². The zero-order chi connectivity index (χ0) is 19.6. The summed E-state index contributed by atoms with van der Waals surface area (Å²) in [5, 5.41) is 5.26. The molecule has 2 N–H and O–H groups in total. The summed E-state index contributed by atoms with van der Waals surface area (Å²) in [5.41, 5.74) is 2.06. The summed E-state index contributed by atoms with van der Waals surface area (Å²) < 4.78 is 5.21. The monoisotopic (exact) mass is 385 g/mol. The summed E-state index contributed by atoms with van der Waals surface area (Å²) in [6.07, 6.45) is 3.55. The second-order valence-corrected chi connectivity index (χ2v) is 6.78. The minimum Gasteiger partial charge on any atom is -0.462 e. The van der Waals surface area contributed by atoms with Crippen LogP contribution in [0.4, 0.5) is 5.00 Å². The molecule has 0 aliphatic carbocycles. The number of carbonyl (C=O) groups excluding carboxylic acids is 2. The molecule has 0 saturated carbocycles. The van der Waals surface area contributed by atoms with Crippen molar-refractivity contribution in [3.63, 3.8) is 0 Å². The maximum Gasteiger partial charge on any atom is 0.341 e. The van der Waals surface area contributed by atoms with E-state index in [1.54, 1.807) is 19.1 Å². The molecular formula is C21H25N2O3S+. The van der Waals surface area contributed by atoms with Gasteiger partial charge < -0.3 is 15.0 Å². The Hall–Kier alpha value is -2.70. The first-order valence-corrected chi connectivity index (χ1v) is 9.67. The molecule has 0 saturated heterocycles. The number of nitrogens with one attached hydrogen (secondary N) is 2. The Morgan fingerprint density at radius 3 is 2.44 bits per heavy atom. The summed E-state index contributed by atoms with van der Waals surface area (Å²) in [5.74, 6) is -0.602. The molecule has 0 radical (unpaired) electrons. The number of benzene rings is 1. The van der Waals surface area contributed by atoms with E-state index in [0.29, 0.717) is 23.7 Å². The number of esters is 1. The molecule has 0 fully saturated rings. The molecule has 5 nitrogen and oxygen atoms in total. The predicted octanol–water partition coefficient (Wildman–Crippen LogP) is 2.79. The predicted molar refractivity (Wildman–Crippen MR) is 110 cm³/mol. The van der Waals surface area contributed by atoms with Crippen molar-refractivity contribution in [2.75, 3.05) is 31.6 Å². The van der Waals surface area contributed by atoms with Crippen LogP contribution in [0.25, 0.3) is 11.1 Å². The molecule has 1 aromatic carbocycles. The fourth-order valence-corrected chi connectivity index (χ4v) is 3.69. The molecule has 0 atom stereocenters. The lowest BCUT2D eigenvalue weighted by Crippen LogP contribution is -3.12. The van der Waals surface area contributed by atoms with E-state index in [9.17, 15) is 9.59 Å². The average Bonchev–Trinajstić information content (AvgIpc) is 3.06. The molecule has 0 spiro atoms. The number of hydrogen-bond acceptors (Lipinski definition) is 4. The van der Waals surface area contributed by atoms with Gasteiger partial charge in [0.2, 0.25) is 0 Å². The topological polar surface area (TPSA) is 59.8 Å². The van der Waals surface area contributed by atoms with Crippen LogP contribution < -0.4 is 10.2 Å². The molecule has 0 aliphatic rings. The number of thiophene rings is 1. The number of ether oxygens (including phenoxy) is 1. The van der Waals surface area contributed by atoms with Crippen LogP contribution in [0.2, 0.25) is 0 Å². The minimum atomic E-state index is -0.436. The molecule has 142 valence electrons. The summed E-state index contributed by atoms with van der Waals surface area (Å²) in [4.78, 5) is 26.1. The second-order valence-electron chi connectivity index (χ2n) is 5.90. The Morgan fingerprint density at radius 1 is 1.19 bits per heavy atom. The van der Waals surface area contributed by atoms with Gasteiger partial charge in [0.1, 0.15) is 10.6 Å². The van der Waals surface area contributed by atoms with Crippen LogP contribution in [0.5, 0.6) is 0 Å². The number of rotatable bonds is 10. The van der Waals surface area contributed by atoms with Crippen LogP contribution in [-0.4, -0.2) is 38.1 Å². The molecule has 1 heterocycles. The summed E-state index contributed by atoms with van der Waals surface area (Å²) in [6, 6.07) is 9.59. The molecule has 2 rings (SSSR count). The Labute approximate surface area is 164 Å². The van der Waals surface area contributed by atoms with Crippen molar-refractivity contribution in [3.05, 3.63) is 66.6 Å². The van der Waals surface area contributed by atoms with E-state index in [0.717, 1.165) is 16.0 Å². The van der Waals surface area contributed by atoms with Crippen molar-refractivity contribution in [2.45, 2.75) is 6.92 Å². The van der Waals surface area contributed by atoms with Gasteiger partial charge in [-0.25, -0.2) is 4.79 Å². The normalized spacial score (nSPS) is 10.4. The van der Waals surface area contributed by atoms with E-state index < -0.39 is 5.97 Å². The average molecular weight is 386 g/mol. The molecule has 2 aromatic rings. The Kier molecular flexibility index (Phi) is 7.98. The van der Waals surface area contributed by atoms with E-state index in [-0.39, 0.29) is 19.1 Å². The van der Waals surface area contributed by atoms with Gasteiger partial charge in [-0.15, -0.1) is 11.3 Å². The Balaban J connectivity index is 2.26. The number of amides is 1. The van der Waals surface area contributed by atoms with Crippen molar-refractivity contribution >= 4 is 28.2 Å². The minimum absolute atomic E-state index is 0.166. The van der Waals surface area contributed by atoms with Gasteiger partial charge in [0.25, 0.3) is 5.91 Å². The summed E-state index contributed by atoms with van der Waals surface area (Å²) in [6.45, 7) is 11.1. The van der Waals surface area contributed by atoms with Crippen molar-refractivity contribution in [1.82, 2.24) is 0 Å².